The van der Waals surface area contributed by atoms with Crippen molar-refractivity contribution in [3.05, 3.63) is 206 Å². The standard InChI is InChI=1S/C52H35NS2/c1-2-17-36-34(15-1)16-13-24-38(36)39-19-3-4-20-40(39)41-21-6-10-26-46(41)53(47-27-14-30-51-52(47)43-23-8-12-29-49(43)55-51)45-25-9-5-18-37(45)35-31-32-50-44(33-35)42-22-7-11-28-48(42)54-50/h1-33,42,48H. The fraction of sp³-hybridized carbons (Fsp3) is 0.0385. The summed E-state index contributed by atoms with van der Waals surface area (Å²) < 4.78 is 2.58. The molecular weight excluding hydrogens is 703 g/mol. The molecule has 2 unspecified atom stereocenters. The topological polar surface area (TPSA) is 3.24 Å². The normalized spacial score (nSPS) is 15.8. The molecule has 2 atom stereocenters. The van der Waals surface area contributed by atoms with Crippen molar-refractivity contribution in [2.24, 2.45) is 0 Å². The van der Waals surface area contributed by atoms with Crippen molar-refractivity contribution in [2.75, 3.05) is 4.90 Å². The molecular formula is C52H35NS2. The molecule has 55 heavy (non-hydrogen) atoms. The predicted molar refractivity (Wildman–Crippen MR) is 238 cm³/mol. The number of rotatable bonds is 6. The summed E-state index contributed by atoms with van der Waals surface area (Å²) in [5.41, 5.74) is 12.2. The van der Waals surface area contributed by atoms with Gasteiger partial charge in [0.05, 0.1) is 17.1 Å². The van der Waals surface area contributed by atoms with Crippen LogP contribution in [0.15, 0.2) is 205 Å². The van der Waals surface area contributed by atoms with Crippen molar-refractivity contribution < 1.29 is 0 Å². The molecule has 9 aromatic rings. The van der Waals surface area contributed by atoms with Crippen LogP contribution in [0.4, 0.5) is 17.1 Å². The first-order chi connectivity index (χ1) is 27.3. The Kier molecular flexibility index (Phi) is 7.82. The Balaban J connectivity index is 1.18. The van der Waals surface area contributed by atoms with E-state index in [2.05, 4.69) is 205 Å². The van der Waals surface area contributed by atoms with Crippen molar-refractivity contribution in [1.29, 1.82) is 0 Å². The molecule has 0 saturated carbocycles. The smallest absolute Gasteiger partial charge is 0.0555 e. The summed E-state index contributed by atoms with van der Waals surface area (Å²) >= 11 is 3.85. The quantitative estimate of drug-likeness (QED) is 0.167. The zero-order valence-electron chi connectivity index (χ0n) is 30.0. The van der Waals surface area contributed by atoms with Gasteiger partial charge in [0.1, 0.15) is 0 Å². The summed E-state index contributed by atoms with van der Waals surface area (Å²) in [7, 11) is 0. The molecule has 1 nitrogen and oxygen atoms in total. The first kappa shape index (κ1) is 32.3. The van der Waals surface area contributed by atoms with Gasteiger partial charge in [0.25, 0.3) is 0 Å². The van der Waals surface area contributed by atoms with Crippen molar-refractivity contribution in [3.8, 4) is 33.4 Å². The highest BCUT2D eigenvalue weighted by molar-refractivity contribution is 8.00. The van der Waals surface area contributed by atoms with Crippen molar-refractivity contribution >= 4 is 71.1 Å². The molecule has 2 heterocycles. The molecule has 0 fully saturated rings. The summed E-state index contributed by atoms with van der Waals surface area (Å²) in [6.07, 6.45) is 9.12. The first-order valence-corrected chi connectivity index (χ1v) is 20.6. The lowest BCUT2D eigenvalue weighted by Gasteiger charge is -2.31. The van der Waals surface area contributed by atoms with E-state index >= 15 is 0 Å². The van der Waals surface area contributed by atoms with E-state index in [1.165, 1.54) is 80.5 Å². The van der Waals surface area contributed by atoms with Crippen LogP contribution in [0.3, 0.4) is 0 Å². The average Bonchev–Trinajstić information content (AvgIpc) is 3.83. The van der Waals surface area contributed by atoms with Gasteiger partial charge in [-0.25, -0.2) is 0 Å². The summed E-state index contributed by atoms with van der Waals surface area (Å²) in [5, 5.41) is 5.52. The number of anilines is 3. The number of nitrogens with zero attached hydrogens (tertiary/aromatic N) is 1. The lowest BCUT2D eigenvalue weighted by molar-refractivity contribution is 0.881. The Morgan fingerprint density at radius 1 is 0.436 bits per heavy atom. The fourth-order valence-electron chi connectivity index (χ4n) is 8.76. The lowest BCUT2D eigenvalue weighted by atomic mass is 9.89. The monoisotopic (exact) mass is 737 g/mol. The Hall–Kier alpha value is -6.13. The molecule has 1 aliphatic carbocycles. The molecule has 11 rings (SSSR count). The van der Waals surface area contributed by atoms with Crippen molar-refractivity contribution in [3.63, 3.8) is 0 Å². The third-order valence-corrected chi connectivity index (χ3v) is 13.7. The van der Waals surface area contributed by atoms with Gasteiger partial charge in [-0.2, -0.15) is 0 Å². The third kappa shape index (κ3) is 5.38. The van der Waals surface area contributed by atoms with E-state index < -0.39 is 0 Å². The fourth-order valence-corrected chi connectivity index (χ4v) is 11.2. The van der Waals surface area contributed by atoms with Gasteiger partial charge in [0, 0.05) is 47.4 Å². The van der Waals surface area contributed by atoms with Crippen LogP contribution >= 0.6 is 23.1 Å². The zero-order chi connectivity index (χ0) is 36.3. The lowest BCUT2D eigenvalue weighted by Crippen LogP contribution is -2.13. The van der Waals surface area contributed by atoms with Crippen LogP contribution in [0.1, 0.15) is 11.5 Å². The highest BCUT2D eigenvalue weighted by Crippen LogP contribution is 2.53. The molecule has 0 saturated heterocycles. The van der Waals surface area contributed by atoms with Crippen LogP contribution in [-0.4, -0.2) is 5.25 Å². The molecule has 0 N–H and O–H groups in total. The number of thioether (sulfide) groups is 1. The molecule has 3 heteroatoms. The second-order valence-corrected chi connectivity index (χ2v) is 16.6. The van der Waals surface area contributed by atoms with Crippen LogP contribution in [-0.2, 0) is 0 Å². The maximum atomic E-state index is 2.54. The highest BCUT2D eigenvalue weighted by Gasteiger charge is 2.32. The number of allylic oxidation sites excluding steroid dienone is 3. The SMILES string of the molecule is C1=CC2Sc3ccc(-c4ccccc4N(c4ccccc4-c4ccccc4-c4cccc5ccccc45)c4cccc5sc6ccccc6c45)cc3C2C=C1. The molecule has 1 aliphatic heterocycles. The van der Waals surface area contributed by atoms with Crippen LogP contribution in [0.5, 0.6) is 0 Å². The van der Waals surface area contributed by atoms with Crippen LogP contribution in [0.2, 0.25) is 0 Å². The van der Waals surface area contributed by atoms with Gasteiger partial charge in [-0.15, -0.1) is 23.1 Å². The van der Waals surface area contributed by atoms with Crippen LogP contribution in [0.25, 0.3) is 64.3 Å². The third-order valence-electron chi connectivity index (χ3n) is 11.2. The largest absolute Gasteiger partial charge is 0.309 e. The minimum absolute atomic E-state index is 0.394. The second-order valence-electron chi connectivity index (χ2n) is 14.3. The van der Waals surface area contributed by atoms with E-state index in [1.807, 2.05) is 23.1 Å². The second kappa shape index (κ2) is 13.3. The Bertz CT molecular complexity index is 3000. The Labute approximate surface area is 329 Å². The highest BCUT2D eigenvalue weighted by atomic mass is 32.2. The molecule has 260 valence electrons. The van der Waals surface area contributed by atoms with E-state index in [0.29, 0.717) is 11.2 Å². The maximum absolute atomic E-state index is 2.54. The maximum Gasteiger partial charge on any atom is 0.0555 e. The Morgan fingerprint density at radius 2 is 1.04 bits per heavy atom. The van der Waals surface area contributed by atoms with Gasteiger partial charge in [-0.1, -0.05) is 158 Å². The number of fused-ring (bicyclic) bond motifs is 7. The number of thiophene rings is 1. The van der Waals surface area contributed by atoms with Crippen LogP contribution in [0, 0.1) is 0 Å². The zero-order valence-corrected chi connectivity index (χ0v) is 31.6. The van der Waals surface area contributed by atoms with E-state index in [9.17, 15) is 0 Å². The van der Waals surface area contributed by atoms with Gasteiger partial charge in [-0.05, 0) is 81.1 Å². The Morgan fingerprint density at radius 3 is 1.91 bits per heavy atom. The first-order valence-electron chi connectivity index (χ1n) is 18.9. The van der Waals surface area contributed by atoms with E-state index in [4.69, 9.17) is 0 Å². The summed E-state index contributed by atoms with van der Waals surface area (Å²) in [5.74, 6) is 0.394. The molecule has 0 amide bonds. The van der Waals surface area contributed by atoms with Crippen LogP contribution < -0.4 is 4.90 Å². The average molecular weight is 738 g/mol. The molecule has 8 aromatic carbocycles. The number of hydrogen-bond acceptors (Lipinski definition) is 3. The van der Waals surface area contributed by atoms with Gasteiger partial charge in [0.2, 0.25) is 0 Å². The van der Waals surface area contributed by atoms with Crippen molar-refractivity contribution in [2.45, 2.75) is 16.1 Å². The summed E-state index contributed by atoms with van der Waals surface area (Å²) in [6, 6.07) is 65.1. The molecule has 1 aromatic heterocycles. The number of benzene rings is 8. The van der Waals surface area contributed by atoms with E-state index in [-0.39, 0.29) is 0 Å². The van der Waals surface area contributed by atoms with Gasteiger partial charge < -0.3 is 4.90 Å². The minimum Gasteiger partial charge on any atom is -0.309 e. The molecule has 0 bridgehead atoms. The van der Waals surface area contributed by atoms with Gasteiger partial charge >= 0.3 is 0 Å². The summed E-state index contributed by atoms with van der Waals surface area (Å²) in [6.45, 7) is 0. The molecule has 2 aliphatic rings. The van der Waals surface area contributed by atoms with E-state index in [1.54, 1.807) is 0 Å². The van der Waals surface area contributed by atoms with Gasteiger partial charge in [0.15, 0.2) is 0 Å². The minimum atomic E-state index is 0.394. The van der Waals surface area contributed by atoms with Gasteiger partial charge in [-0.3, -0.25) is 0 Å². The number of para-hydroxylation sites is 2. The molecule has 0 radical (unpaired) electrons. The summed E-state index contributed by atoms with van der Waals surface area (Å²) in [4.78, 5) is 3.93. The number of hydrogen-bond donors (Lipinski definition) is 0. The predicted octanol–water partition coefficient (Wildman–Crippen LogP) is 15.4. The van der Waals surface area contributed by atoms with Crippen molar-refractivity contribution in [1.82, 2.24) is 0 Å². The molecule has 0 spiro atoms. The van der Waals surface area contributed by atoms with E-state index in [0.717, 1.165) is 11.4 Å².